The third-order valence-corrected chi connectivity index (χ3v) is 4.66. The summed E-state index contributed by atoms with van der Waals surface area (Å²) in [5, 5.41) is 0. The Morgan fingerprint density at radius 3 is 1.57 bits per heavy atom. The van der Waals surface area contributed by atoms with Crippen LogP contribution in [0.25, 0.3) is 0 Å². The minimum atomic E-state index is 0.618. The molecule has 0 bridgehead atoms. The van der Waals surface area contributed by atoms with Gasteiger partial charge in [0.2, 0.25) is 0 Å². The van der Waals surface area contributed by atoms with Crippen LogP contribution in [-0.2, 0) is 9.47 Å². The summed E-state index contributed by atoms with van der Waals surface area (Å²) in [6, 6.07) is 0. The molecule has 0 aromatic rings. The zero-order chi connectivity index (χ0) is 9.12. The van der Waals surface area contributed by atoms with Gasteiger partial charge in [0.05, 0.1) is 25.4 Å². The maximum atomic E-state index is 5.49. The van der Waals surface area contributed by atoms with E-state index in [0.717, 1.165) is 36.9 Å². The number of epoxide rings is 2. The molecule has 78 valence electrons. The third kappa shape index (κ3) is 1.31. The van der Waals surface area contributed by atoms with E-state index in [2.05, 4.69) is 0 Å². The van der Waals surface area contributed by atoms with Crippen LogP contribution in [-0.4, -0.2) is 25.4 Å². The summed E-state index contributed by atoms with van der Waals surface area (Å²) in [5.41, 5.74) is 0. The van der Waals surface area contributed by atoms with Crippen molar-refractivity contribution in [1.29, 1.82) is 0 Å². The van der Waals surface area contributed by atoms with Gasteiger partial charge in [-0.2, -0.15) is 0 Å². The van der Waals surface area contributed by atoms with Gasteiger partial charge >= 0.3 is 0 Å². The van der Waals surface area contributed by atoms with Crippen molar-refractivity contribution in [2.24, 2.45) is 23.7 Å². The molecular weight excluding hydrogens is 176 g/mol. The van der Waals surface area contributed by atoms with Crippen LogP contribution in [0.4, 0.5) is 0 Å². The van der Waals surface area contributed by atoms with Crippen LogP contribution in [0.1, 0.15) is 25.7 Å². The van der Waals surface area contributed by atoms with E-state index in [4.69, 9.17) is 9.47 Å². The van der Waals surface area contributed by atoms with Crippen molar-refractivity contribution in [1.82, 2.24) is 0 Å². The molecule has 4 fully saturated rings. The molecule has 4 unspecified atom stereocenters. The zero-order valence-electron chi connectivity index (χ0n) is 8.52. The first-order valence-electron chi connectivity index (χ1n) is 6.15. The van der Waals surface area contributed by atoms with Gasteiger partial charge in [-0.25, -0.2) is 0 Å². The fourth-order valence-corrected chi connectivity index (χ4v) is 3.56. The SMILES string of the molecule is C1CC1C1CC(C2CO2)C(C2CO2)C1. The Morgan fingerprint density at radius 2 is 1.21 bits per heavy atom. The lowest BCUT2D eigenvalue weighted by Crippen LogP contribution is -2.18. The lowest BCUT2D eigenvalue weighted by molar-refractivity contribution is 0.231. The molecule has 2 heterocycles. The minimum Gasteiger partial charge on any atom is -0.373 e. The smallest absolute Gasteiger partial charge is 0.0841 e. The molecule has 0 radical (unpaired) electrons. The zero-order valence-corrected chi connectivity index (χ0v) is 8.52. The quantitative estimate of drug-likeness (QED) is 0.640. The fraction of sp³-hybridized carbons (Fsp3) is 1.00. The molecule has 0 spiro atoms. The topological polar surface area (TPSA) is 25.1 Å². The van der Waals surface area contributed by atoms with Crippen LogP contribution in [0, 0.1) is 23.7 Å². The maximum Gasteiger partial charge on any atom is 0.0841 e. The number of ether oxygens (including phenoxy) is 2. The molecule has 14 heavy (non-hydrogen) atoms. The van der Waals surface area contributed by atoms with Gasteiger partial charge in [0.15, 0.2) is 0 Å². The average Bonchev–Trinajstić information content (AvgIpc) is 3.07. The summed E-state index contributed by atoms with van der Waals surface area (Å²) < 4.78 is 11.0. The Labute approximate surface area is 85.0 Å². The molecule has 2 aliphatic heterocycles. The average molecular weight is 194 g/mol. The van der Waals surface area contributed by atoms with Gasteiger partial charge in [0, 0.05) is 0 Å². The molecule has 0 amide bonds. The van der Waals surface area contributed by atoms with Gasteiger partial charge in [0.1, 0.15) is 0 Å². The van der Waals surface area contributed by atoms with Crippen molar-refractivity contribution in [2.75, 3.05) is 13.2 Å². The Hall–Kier alpha value is -0.0800. The first-order chi connectivity index (χ1) is 6.92. The van der Waals surface area contributed by atoms with Crippen molar-refractivity contribution >= 4 is 0 Å². The van der Waals surface area contributed by atoms with Crippen LogP contribution in [0.3, 0.4) is 0 Å². The summed E-state index contributed by atoms with van der Waals surface area (Å²) >= 11 is 0. The summed E-state index contributed by atoms with van der Waals surface area (Å²) in [4.78, 5) is 0. The van der Waals surface area contributed by atoms with Gasteiger partial charge in [-0.15, -0.1) is 0 Å². The van der Waals surface area contributed by atoms with E-state index in [1.54, 1.807) is 0 Å². The van der Waals surface area contributed by atoms with E-state index in [0.29, 0.717) is 12.2 Å². The molecule has 0 N–H and O–H groups in total. The molecule has 4 aliphatic rings. The predicted molar refractivity (Wildman–Crippen MR) is 51.9 cm³/mol. The van der Waals surface area contributed by atoms with E-state index >= 15 is 0 Å². The Morgan fingerprint density at radius 1 is 0.714 bits per heavy atom. The molecule has 0 aromatic carbocycles. The van der Waals surface area contributed by atoms with Crippen molar-refractivity contribution in [2.45, 2.75) is 37.9 Å². The van der Waals surface area contributed by atoms with Crippen molar-refractivity contribution in [3.8, 4) is 0 Å². The van der Waals surface area contributed by atoms with Crippen molar-refractivity contribution < 1.29 is 9.47 Å². The predicted octanol–water partition coefficient (Wildman–Crippen LogP) is 1.84. The molecule has 0 aromatic heterocycles. The molecule has 2 aliphatic carbocycles. The highest BCUT2D eigenvalue weighted by Crippen LogP contribution is 2.54. The largest absolute Gasteiger partial charge is 0.373 e. The first-order valence-corrected chi connectivity index (χ1v) is 6.15. The Balaban J connectivity index is 1.50. The van der Waals surface area contributed by atoms with Crippen LogP contribution in [0.2, 0.25) is 0 Å². The lowest BCUT2D eigenvalue weighted by atomic mass is 9.91. The molecule has 2 saturated heterocycles. The van der Waals surface area contributed by atoms with Crippen LogP contribution in [0.5, 0.6) is 0 Å². The fourth-order valence-electron chi connectivity index (χ4n) is 3.56. The van der Waals surface area contributed by atoms with E-state index in [1.165, 1.54) is 25.7 Å². The summed E-state index contributed by atoms with van der Waals surface area (Å²) in [7, 11) is 0. The van der Waals surface area contributed by atoms with E-state index in [9.17, 15) is 0 Å². The molecule has 4 atom stereocenters. The van der Waals surface area contributed by atoms with E-state index < -0.39 is 0 Å². The normalized spacial score (nSPS) is 56.1. The van der Waals surface area contributed by atoms with Crippen molar-refractivity contribution in [3.63, 3.8) is 0 Å². The van der Waals surface area contributed by atoms with Gasteiger partial charge in [0.25, 0.3) is 0 Å². The highest BCUT2D eigenvalue weighted by atomic mass is 16.6. The Bertz CT molecular complexity index is 221. The maximum absolute atomic E-state index is 5.49. The second-order valence-electron chi connectivity index (χ2n) is 5.64. The van der Waals surface area contributed by atoms with Gasteiger partial charge in [-0.3, -0.25) is 0 Å². The van der Waals surface area contributed by atoms with Gasteiger partial charge in [-0.05, 0) is 49.4 Å². The second-order valence-corrected chi connectivity index (χ2v) is 5.64. The number of hydrogen-bond donors (Lipinski definition) is 0. The summed E-state index contributed by atoms with van der Waals surface area (Å²) in [6.07, 6.45) is 7.13. The first kappa shape index (κ1) is 8.12. The molecule has 2 heteroatoms. The van der Waals surface area contributed by atoms with Gasteiger partial charge in [-0.1, -0.05) is 0 Å². The lowest BCUT2D eigenvalue weighted by Gasteiger charge is -2.13. The van der Waals surface area contributed by atoms with E-state index in [-0.39, 0.29) is 0 Å². The highest BCUT2D eigenvalue weighted by Gasteiger charge is 2.52. The third-order valence-electron chi connectivity index (χ3n) is 4.66. The van der Waals surface area contributed by atoms with Crippen molar-refractivity contribution in [3.05, 3.63) is 0 Å². The molecule has 4 rings (SSSR count). The van der Waals surface area contributed by atoms with Crippen LogP contribution < -0.4 is 0 Å². The monoisotopic (exact) mass is 194 g/mol. The molecule has 2 saturated carbocycles. The summed E-state index contributed by atoms with van der Waals surface area (Å²) in [5.74, 6) is 3.82. The highest BCUT2D eigenvalue weighted by molar-refractivity contribution is 5.01. The molecular formula is C12H18O2. The second kappa shape index (κ2) is 2.73. The number of hydrogen-bond acceptors (Lipinski definition) is 2. The van der Waals surface area contributed by atoms with Crippen LogP contribution >= 0.6 is 0 Å². The summed E-state index contributed by atoms with van der Waals surface area (Å²) in [6.45, 7) is 2.07. The molecule has 2 nitrogen and oxygen atoms in total. The number of rotatable bonds is 3. The minimum absolute atomic E-state index is 0.618. The standard InChI is InChI=1S/C12H18O2/c1-2-7(1)8-3-9(11-5-13-11)10(4-8)12-6-14-12/h7-12H,1-6H2. The van der Waals surface area contributed by atoms with Gasteiger partial charge < -0.3 is 9.47 Å². The van der Waals surface area contributed by atoms with Crippen LogP contribution in [0.15, 0.2) is 0 Å². The van der Waals surface area contributed by atoms with E-state index in [1.807, 2.05) is 0 Å². The Kier molecular flexibility index (Phi) is 1.58.